The molecule has 98 valence electrons. The maximum Gasteiger partial charge on any atom is 0.137 e. The van der Waals surface area contributed by atoms with Crippen molar-refractivity contribution in [3.8, 4) is 22.5 Å². The van der Waals surface area contributed by atoms with E-state index in [1.165, 1.54) is 29.7 Å². The fourth-order valence-corrected chi connectivity index (χ4v) is 2.54. The van der Waals surface area contributed by atoms with Crippen LogP contribution in [0.25, 0.3) is 22.5 Å². The van der Waals surface area contributed by atoms with E-state index in [0.717, 1.165) is 17.3 Å². The van der Waals surface area contributed by atoms with Gasteiger partial charge in [0.2, 0.25) is 0 Å². The smallest absolute Gasteiger partial charge is 0.137 e. The van der Waals surface area contributed by atoms with E-state index in [1.807, 2.05) is 12.3 Å². The van der Waals surface area contributed by atoms with Crippen LogP contribution in [0.4, 0.5) is 0 Å². The Bertz CT molecular complexity index is 707. The molecular formula is C18H16N2. The number of benzene rings is 2. The van der Waals surface area contributed by atoms with E-state index in [2.05, 4.69) is 58.5 Å². The van der Waals surface area contributed by atoms with Gasteiger partial charge in [0, 0.05) is 23.4 Å². The van der Waals surface area contributed by atoms with Gasteiger partial charge < -0.3 is 4.98 Å². The maximum atomic E-state index is 4.49. The van der Waals surface area contributed by atoms with Gasteiger partial charge >= 0.3 is 0 Å². The second kappa shape index (κ2) is 4.64. The monoisotopic (exact) mass is 260 g/mol. The van der Waals surface area contributed by atoms with Crippen LogP contribution in [0.2, 0.25) is 0 Å². The molecule has 1 saturated carbocycles. The third kappa shape index (κ3) is 2.14. The second-order valence-corrected chi connectivity index (χ2v) is 5.40. The first kappa shape index (κ1) is 11.5. The number of aromatic nitrogens is 2. The van der Waals surface area contributed by atoms with Crippen molar-refractivity contribution >= 4 is 0 Å². The Morgan fingerprint density at radius 2 is 1.45 bits per heavy atom. The van der Waals surface area contributed by atoms with Crippen molar-refractivity contribution in [2.24, 2.45) is 0 Å². The molecule has 2 aromatic carbocycles. The molecule has 1 aliphatic carbocycles. The van der Waals surface area contributed by atoms with Gasteiger partial charge in [0.25, 0.3) is 0 Å². The molecule has 0 bridgehead atoms. The SMILES string of the molecule is c1ccc(-c2ccc(-c3ncc(C4CC4)[nH]3)cc2)cc1. The quantitative estimate of drug-likeness (QED) is 0.731. The molecule has 0 amide bonds. The van der Waals surface area contributed by atoms with Crippen molar-refractivity contribution in [1.29, 1.82) is 0 Å². The Morgan fingerprint density at radius 3 is 2.15 bits per heavy atom. The molecule has 1 aliphatic rings. The van der Waals surface area contributed by atoms with Crippen LogP contribution in [-0.4, -0.2) is 9.97 Å². The van der Waals surface area contributed by atoms with E-state index in [1.54, 1.807) is 0 Å². The molecule has 20 heavy (non-hydrogen) atoms. The summed E-state index contributed by atoms with van der Waals surface area (Å²) in [6.07, 6.45) is 4.58. The minimum atomic E-state index is 0.722. The van der Waals surface area contributed by atoms with E-state index in [-0.39, 0.29) is 0 Å². The first-order valence-electron chi connectivity index (χ1n) is 7.11. The van der Waals surface area contributed by atoms with Gasteiger partial charge in [-0.05, 0) is 24.0 Å². The van der Waals surface area contributed by atoms with Crippen LogP contribution in [0, 0.1) is 0 Å². The van der Waals surface area contributed by atoms with Crippen LogP contribution in [-0.2, 0) is 0 Å². The summed E-state index contributed by atoms with van der Waals surface area (Å²) in [6.45, 7) is 0. The van der Waals surface area contributed by atoms with Gasteiger partial charge in [-0.15, -0.1) is 0 Å². The van der Waals surface area contributed by atoms with Crippen molar-refractivity contribution < 1.29 is 0 Å². The van der Waals surface area contributed by atoms with Crippen LogP contribution in [0.1, 0.15) is 24.5 Å². The largest absolute Gasteiger partial charge is 0.342 e. The van der Waals surface area contributed by atoms with E-state index in [4.69, 9.17) is 0 Å². The predicted molar refractivity (Wildman–Crippen MR) is 81.4 cm³/mol. The Kier molecular flexibility index (Phi) is 2.66. The summed E-state index contributed by atoms with van der Waals surface area (Å²) >= 11 is 0. The standard InChI is InChI=1S/C18H16N2/c1-2-4-13(5-3-1)14-6-10-16(11-7-14)18-19-12-17(20-18)15-8-9-15/h1-7,10-12,15H,8-9H2,(H,19,20). The average molecular weight is 260 g/mol. The molecule has 0 saturated heterocycles. The van der Waals surface area contributed by atoms with E-state index >= 15 is 0 Å². The molecule has 0 aliphatic heterocycles. The van der Waals surface area contributed by atoms with E-state index in [0.29, 0.717) is 0 Å². The highest BCUT2D eigenvalue weighted by atomic mass is 14.9. The maximum absolute atomic E-state index is 4.49. The lowest BCUT2D eigenvalue weighted by Gasteiger charge is -2.02. The molecule has 0 radical (unpaired) electrons. The number of nitrogens with one attached hydrogen (secondary N) is 1. The lowest BCUT2D eigenvalue weighted by molar-refractivity contribution is 1.05. The minimum absolute atomic E-state index is 0.722. The molecule has 1 heterocycles. The summed E-state index contributed by atoms with van der Waals surface area (Å²) in [6, 6.07) is 19.0. The summed E-state index contributed by atoms with van der Waals surface area (Å²) in [5.74, 6) is 1.70. The second-order valence-electron chi connectivity index (χ2n) is 5.40. The number of hydrogen-bond donors (Lipinski definition) is 1. The highest BCUT2D eigenvalue weighted by molar-refractivity contribution is 5.67. The van der Waals surface area contributed by atoms with Crippen LogP contribution >= 0.6 is 0 Å². The molecular weight excluding hydrogens is 244 g/mol. The highest BCUT2D eigenvalue weighted by Gasteiger charge is 2.25. The lowest BCUT2D eigenvalue weighted by atomic mass is 10.0. The average Bonchev–Trinajstić information content (AvgIpc) is 3.26. The number of hydrogen-bond acceptors (Lipinski definition) is 1. The summed E-state index contributed by atoms with van der Waals surface area (Å²) in [4.78, 5) is 7.93. The zero-order chi connectivity index (χ0) is 13.4. The van der Waals surface area contributed by atoms with Gasteiger partial charge in [0.15, 0.2) is 0 Å². The summed E-state index contributed by atoms with van der Waals surface area (Å²) < 4.78 is 0. The van der Waals surface area contributed by atoms with Crippen molar-refractivity contribution in [3.63, 3.8) is 0 Å². The Morgan fingerprint density at radius 1 is 0.800 bits per heavy atom. The Hall–Kier alpha value is -2.35. The molecule has 0 spiro atoms. The van der Waals surface area contributed by atoms with Gasteiger partial charge in [-0.3, -0.25) is 0 Å². The molecule has 1 N–H and O–H groups in total. The number of aromatic amines is 1. The van der Waals surface area contributed by atoms with Gasteiger partial charge in [0.1, 0.15) is 5.82 Å². The van der Waals surface area contributed by atoms with Crippen molar-refractivity contribution in [3.05, 3.63) is 66.5 Å². The number of nitrogens with zero attached hydrogens (tertiary/aromatic N) is 1. The van der Waals surface area contributed by atoms with Crippen molar-refractivity contribution in [2.45, 2.75) is 18.8 Å². The molecule has 0 unspecified atom stereocenters. The van der Waals surface area contributed by atoms with Crippen molar-refractivity contribution in [2.75, 3.05) is 0 Å². The zero-order valence-electron chi connectivity index (χ0n) is 11.2. The molecule has 4 rings (SSSR count). The predicted octanol–water partition coefficient (Wildman–Crippen LogP) is 4.62. The summed E-state index contributed by atoms with van der Waals surface area (Å²) in [5, 5.41) is 0. The molecule has 0 atom stereocenters. The van der Waals surface area contributed by atoms with Crippen LogP contribution in [0.3, 0.4) is 0 Å². The third-order valence-electron chi connectivity index (χ3n) is 3.88. The Labute approximate surface area is 118 Å². The normalized spacial score (nSPS) is 14.4. The third-order valence-corrected chi connectivity index (χ3v) is 3.88. The molecule has 3 aromatic rings. The van der Waals surface area contributed by atoms with Crippen LogP contribution < -0.4 is 0 Å². The van der Waals surface area contributed by atoms with Crippen molar-refractivity contribution in [1.82, 2.24) is 9.97 Å². The molecule has 2 nitrogen and oxygen atoms in total. The van der Waals surface area contributed by atoms with Crippen LogP contribution in [0.5, 0.6) is 0 Å². The fraction of sp³-hybridized carbons (Fsp3) is 0.167. The Balaban J connectivity index is 1.63. The molecule has 1 fully saturated rings. The highest BCUT2D eigenvalue weighted by Crippen LogP contribution is 2.39. The van der Waals surface area contributed by atoms with E-state index in [9.17, 15) is 0 Å². The van der Waals surface area contributed by atoms with Crippen LogP contribution in [0.15, 0.2) is 60.8 Å². The van der Waals surface area contributed by atoms with Gasteiger partial charge in [-0.25, -0.2) is 4.98 Å². The summed E-state index contributed by atoms with van der Waals surface area (Å²) in [5.41, 5.74) is 4.92. The summed E-state index contributed by atoms with van der Waals surface area (Å²) in [7, 11) is 0. The van der Waals surface area contributed by atoms with Gasteiger partial charge in [0.05, 0.1) is 0 Å². The molecule has 2 heteroatoms. The zero-order valence-corrected chi connectivity index (χ0v) is 11.2. The number of H-pyrrole nitrogens is 1. The lowest BCUT2D eigenvalue weighted by Crippen LogP contribution is -1.83. The van der Waals surface area contributed by atoms with Gasteiger partial charge in [-0.1, -0.05) is 54.6 Å². The number of rotatable bonds is 3. The van der Waals surface area contributed by atoms with E-state index < -0.39 is 0 Å². The minimum Gasteiger partial charge on any atom is -0.342 e. The fourth-order valence-electron chi connectivity index (χ4n) is 2.54. The first-order chi connectivity index (χ1) is 9.90. The molecule has 1 aromatic heterocycles. The van der Waals surface area contributed by atoms with Gasteiger partial charge in [-0.2, -0.15) is 0 Å². The topological polar surface area (TPSA) is 28.7 Å². The number of imidazole rings is 1. The first-order valence-corrected chi connectivity index (χ1v) is 7.11.